The zero-order valence-electron chi connectivity index (χ0n) is 10.9. The van der Waals surface area contributed by atoms with Crippen molar-refractivity contribution < 1.29 is 9.53 Å². The van der Waals surface area contributed by atoms with Gasteiger partial charge in [-0.2, -0.15) is 0 Å². The molecule has 0 heterocycles. The topological polar surface area (TPSA) is 29.5 Å². The number of hydrogen-bond acceptors (Lipinski definition) is 3. The second kappa shape index (κ2) is 6.83. The molecule has 0 rings (SSSR count). The Balaban J connectivity index is 4.39. The maximum Gasteiger partial charge on any atom is 0.322 e. The summed E-state index contributed by atoms with van der Waals surface area (Å²) in [6, 6.07) is -0.139. The molecule has 0 aliphatic rings. The summed E-state index contributed by atoms with van der Waals surface area (Å²) in [6.45, 7) is 12.4. The third kappa shape index (κ3) is 5.78. The third-order valence-corrected chi connectivity index (χ3v) is 2.29. The van der Waals surface area contributed by atoms with Gasteiger partial charge in [-0.15, -0.1) is 0 Å². The van der Waals surface area contributed by atoms with Crippen molar-refractivity contribution in [1.29, 1.82) is 0 Å². The lowest BCUT2D eigenvalue weighted by Crippen LogP contribution is -2.43. The molecule has 0 aromatic heterocycles. The van der Waals surface area contributed by atoms with Crippen LogP contribution in [0.2, 0.25) is 0 Å². The van der Waals surface area contributed by atoms with Gasteiger partial charge in [0.1, 0.15) is 6.04 Å². The first kappa shape index (κ1) is 14.4. The van der Waals surface area contributed by atoms with Gasteiger partial charge in [0.2, 0.25) is 0 Å². The van der Waals surface area contributed by atoms with Crippen LogP contribution in [0.5, 0.6) is 0 Å². The van der Waals surface area contributed by atoms with Crippen LogP contribution in [0, 0.1) is 11.8 Å². The average molecular weight is 215 g/mol. The van der Waals surface area contributed by atoms with Crippen molar-refractivity contribution >= 4 is 5.97 Å². The van der Waals surface area contributed by atoms with Gasteiger partial charge >= 0.3 is 5.97 Å². The second-order valence-electron chi connectivity index (χ2n) is 4.94. The lowest BCUT2D eigenvalue weighted by molar-refractivity contribution is -0.146. The molecular formula is C12H25NO2. The Morgan fingerprint density at radius 2 is 1.47 bits per heavy atom. The quantitative estimate of drug-likeness (QED) is 0.636. The van der Waals surface area contributed by atoms with Crippen LogP contribution in [0.15, 0.2) is 0 Å². The number of esters is 1. The second-order valence-corrected chi connectivity index (χ2v) is 4.94. The average Bonchev–Trinajstić information content (AvgIpc) is 2.13. The third-order valence-electron chi connectivity index (χ3n) is 2.29. The Kier molecular flexibility index (Phi) is 6.57. The monoisotopic (exact) mass is 215 g/mol. The minimum absolute atomic E-state index is 0.139. The first-order valence-corrected chi connectivity index (χ1v) is 5.70. The molecule has 0 amide bonds. The number of nitrogens with zero attached hydrogens (tertiary/aromatic N) is 1. The number of rotatable bonds is 6. The Hall–Kier alpha value is -0.570. The molecule has 15 heavy (non-hydrogen) atoms. The van der Waals surface area contributed by atoms with E-state index in [9.17, 15) is 4.79 Å². The molecule has 0 aromatic carbocycles. The van der Waals surface area contributed by atoms with E-state index in [0.29, 0.717) is 11.8 Å². The van der Waals surface area contributed by atoms with Crippen LogP contribution in [0.4, 0.5) is 0 Å². The van der Waals surface area contributed by atoms with E-state index in [1.54, 1.807) is 0 Å². The standard InChI is InChI=1S/C12H25NO2/c1-9(2)7-13(8-10(3)4)11(5)12(14)15-6/h9-11H,7-8H2,1-6H3. The molecule has 90 valence electrons. The van der Waals surface area contributed by atoms with Gasteiger partial charge < -0.3 is 4.74 Å². The highest BCUT2D eigenvalue weighted by Gasteiger charge is 2.22. The largest absolute Gasteiger partial charge is 0.468 e. The summed E-state index contributed by atoms with van der Waals surface area (Å²) < 4.78 is 4.78. The Morgan fingerprint density at radius 1 is 1.07 bits per heavy atom. The maximum absolute atomic E-state index is 11.5. The fourth-order valence-corrected chi connectivity index (χ4v) is 1.65. The number of hydrogen-bond donors (Lipinski definition) is 0. The van der Waals surface area contributed by atoms with Gasteiger partial charge in [-0.05, 0) is 18.8 Å². The Bertz CT molecular complexity index is 180. The highest BCUT2D eigenvalue weighted by atomic mass is 16.5. The maximum atomic E-state index is 11.5. The van der Waals surface area contributed by atoms with E-state index >= 15 is 0 Å². The molecule has 0 aliphatic carbocycles. The van der Waals surface area contributed by atoms with Crippen LogP contribution in [-0.2, 0) is 9.53 Å². The number of carbonyl (C=O) groups excluding carboxylic acids is 1. The summed E-state index contributed by atoms with van der Waals surface area (Å²) >= 11 is 0. The van der Waals surface area contributed by atoms with E-state index in [-0.39, 0.29) is 12.0 Å². The van der Waals surface area contributed by atoms with E-state index in [4.69, 9.17) is 4.74 Å². The van der Waals surface area contributed by atoms with Gasteiger partial charge in [-0.3, -0.25) is 9.69 Å². The van der Waals surface area contributed by atoms with Crippen LogP contribution < -0.4 is 0 Å². The molecule has 0 fully saturated rings. The highest BCUT2D eigenvalue weighted by molar-refractivity contribution is 5.75. The predicted molar refractivity (Wildman–Crippen MR) is 62.7 cm³/mol. The lowest BCUT2D eigenvalue weighted by atomic mass is 10.1. The molecule has 0 spiro atoms. The molecule has 1 unspecified atom stereocenters. The molecule has 0 saturated carbocycles. The molecule has 0 bridgehead atoms. The number of ether oxygens (including phenoxy) is 1. The highest BCUT2D eigenvalue weighted by Crippen LogP contribution is 2.09. The van der Waals surface area contributed by atoms with E-state index in [1.165, 1.54) is 7.11 Å². The summed E-state index contributed by atoms with van der Waals surface area (Å²) in [5.41, 5.74) is 0. The molecule has 0 saturated heterocycles. The number of methoxy groups -OCH3 is 1. The molecule has 0 aromatic rings. The molecule has 0 aliphatic heterocycles. The van der Waals surface area contributed by atoms with Gasteiger partial charge in [0.25, 0.3) is 0 Å². The van der Waals surface area contributed by atoms with E-state index < -0.39 is 0 Å². The van der Waals surface area contributed by atoms with Gasteiger partial charge in [0.05, 0.1) is 7.11 Å². The normalized spacial score (nSPS) is 13.7. The van der Waals surface area contributed by atoms with Crippen molar-refractivity contribution in [2.75, 3.05) is 20.2 Å². The molecule has 3 nitrogen and oxygen atoms in total. The SMILES string of the molecule is COC(=O)C(C)N(CC(C)C)CC(C)C. The van der Waals surface area contributed by atoms with Crippen molar-refractivity contribution in [2.24, 2.45) is 11.8 Å². The van der Waals surface area contributed by atoms with Crippen molar-refractivity contribution in [1.82, 2.24) is 4.90 Å². The fraction of sp³-hybridized carbons (Fsp3) is 0.917. The Labute approximate surface area is 93.8 Å². The van der Waals surface area contributed by atoms with Gasteiger partial charge in [0.15, 0.2) is 0 Å². The van der Waals surface area contributed by atoms with Crippen molar-refractivity contribution in [2.45, 2.75) is 40.7 Å². The summed E-state index contributed by atoms with van der Waals surface area (Å²) in [6.07, 6.45) is 0. The minimum atomic E-state index is -0.142. The molecule has 0 radical (unpaired) electrons. The minimum Gasteiger partial charge on any atom is -0.468 e. The van der Waals surface area contributed by atoms with Crippen LogP contribution in [0.3, 0.4) is 0 Å². The van der Waals surface area contributed by atoms with Gasteiger partial charge in [0, 0.05) is 13.1 Å². The van der Waals surface area contributed by atoms with Crippen molar-refractivity contribution in [3.8, 4) is 0 Å². The van der Waals surface area contributed by atoms with Crippen LogP contribution in [0.25, 0.3) is 0 Å². The van der Waals surface area contributed by atoms with E-state index in [2.05, 4.69) is 32.6 Å². The predicted octanol–water partition coefficient (Wildman–Crippen LogP) is 2.16. The molecule has 1 atom stereocenters. The summed E-state index contributed by atoms with van der Waals surface area (Å²) in [7, 11) is 1.45. The lowest BCUT2D eigenvalue weighted by Gasteiger charge is -2.30. The van der Waals surface area contributed by atoms with Crippen molar-refractivity contribution in [3.05, 3.63) is 0 Å². The van der Waals surface area contributed by atoms with Crippen LogP contribution >= 0.6 is 0 Å². The van der Waals surface area contributed by atoms with Gasteiger partial charge in [-0.1, -0.05) is 27.7 Å². The van der Waals surface area contributed by atoms with Crippen LogP contribution in [-0.4, -0.2) is 37.1 Å². The first-order valence-electron chi connectivity index (χ1n) is 5.70. The van der Waals surface area contributed by atoms with E-state index in [1.807, 2.05) is 6.92 Å². The van der Waals surface area contributed by atoms with Crippen LogP contribution in [0.1, 0.15) is 34.6 Å². The molecule has 3 heteroatoms. The summed E-state index contributed by atoms with van der Waals surface area (Å²) in [5.74, 6) is 0.989. The smallest absolute Gasteiger partial charge is 0.322 e. The Morgan fingerprint density at radius 3 is 1.73 bits per heavy atom. The zero-order chi connectivity index (χ0) is 12.0. The zero-order valence-corrected chi connectivity index (χ0v) is 10.9. The molecule has 0 N–H and O–H groups in total. The van der Waals surface area contributed by atoms with Crippen molar-refractivity contribution in [3.63, 3.8) is 0 Å². The van der Waals surface area contributed by atoms with Gasteiger partial charge in [-0.25, -0.2) is 0 Å². The summed E-state index contributed by atoms with van der Waals surface area (Å²) in [5, 5.41) is 0. The fourth-order valence-electron chi connectivity index (χ4n) is 1.65. The first-order chi connectivity index (χ1) is 6.88. The molecular weight excluding hydrogens is 190 g/mol. The summed E-state index contributed by atoms with van der Waals surface area (Å²) in [4.78, 5) is 13.6. The number of carbonyl (C=O) groups is 1. The van der Waals surface area contributed by atoms with E-state index in [0.717, 1.165) is 13.1 Å².